The number of rotatable bonds is 17. The van der Waals surface area contributed by atoms with E-state index in [4.69, 9.17) is 4.74 Å². The highest BCUT2D eigenvalue weighted by Gasteiger charge is 2.39. The van der Waals surface area contributed by atoms with E-state index in [1.807, 2.05) is 72.9 Å². The molecule has 0 unspecified atom stereocenters. The molecule has 1 aromatic heterocycles. The Bertz CT molecular complexity index is 2160. The molecule has 1 saturated carbocycles. The fraction of sp³-hybridized carbons (Fsp3) is 0.341. The van der Waals surface area contributed by atoms with Crippen LogP contribution in [0.2, 0.25) is 0 Å². The first-order valence-electron chi connectivity index (χ1n) is 19.2. The second kappa shape index (κ2) is 18.9. The smallest absolute Gasteiger partial charge is 0.305 e. The molecule has 1 fully saturated rings. The molecule has 6 rings (SSSR count). The number of carbonyl (C=O) groups excluding carboxylic acids is 4. The topological polar surface area (TPSA) is 179 Å². The van der Waals surface area contributed by atoms with Crippen molar-refractivity contribution in [2.75, 3.05) is 20.2 Å². The molecule has 1 aliphatic carbocycles. The minimum Gasteiger partial charge on any atom is -0.497 e. The Morgan fingerprint density at radius 3 is 2.00 bits per heavy atom. The molecule has 5 aromatic rings. The summed E-state index contributed by atoms with van der Waals surface area (Å²) in [7, 11) is 1.58. The van der Waals surface area contributed by atoms with Crippen LogP contribution < -0.4 is 26.0 Å². The SMILES string of the molecule is COc1ccc(CCNC(=O)[C@@H](CC(=O)O)NC(=O)[C@@H]2CCCC[C@H]2C(=O)N[C@@H](Cc2c[nH]c3ccccc23)C(=O)NCCc2ccc3ccccc3c2)cc1. The van der Waals surface area contributed by atoms with E-state index in [9.17, 15) is 29.1 Å². The molecular weight excluding hydrogens is 711 g/mol. The van der Waals surface area contributed by atoms with Gasteiger partial charge in [0, 0.05) is 48.4 Å². The monoisotopic (exact) mass is 759 g/mol. The summed E-state index contributed by atoms with van der Waals surface area (Å²) in [5.41, 5.74) is 3.80. The van der Waals surface area contributed by atoms with Crippen molar-refractivity contribution in [1.82, 2.24) is 26.3 Å². The van der Waals surface area contributed by atoms with Gasteiger partial charge in [-0.1, -0.05) is 85.6 Å². The summed E-state index contributed by atoms with van der Waals surface area (Å²) in [4.78, 5) is 69.9. The van der Waals surface area contributed by atoms with E-state index >= 15 is 0 Å². The van der Waals surface area contributed by atoms with Crippen molar-refractivity contribution < 1.29 is 33.8 Å². The Balaban J connectivity index is 1.11. The molecule has 0 spiro atoms. The first-order valence-corrected chi connectivity index (χ1v) is 19.2. The van der Waals surface area contributed by atoms with Crippen molar-refractivity contribution in [1.29, 1.82) is 0 Å². The average molecular weight is 760 g/mol. The van der Waals surface area contributed by atoms with Crippen molar-refractivity contribution >= 4 is 51.3 Å². The highest BCUT2D eigenvalue weighted by atomic mass is 16.5. The van der Waals surface area contributed by atoms with Crippen LogP contribution in [0.25, 0.3) is 21.7 Å². The highest BCUT2D eigenvalue weighted by Crippen LogP contribution is 2.31. The Kier molecular flexibility index (Phi) is 13.4. The van der Waals surface area contributed by atoms with Gasteiger partial charge < -0.3 is 36.1 Å². The van der Waals surface area contributed by atoms with Crippen LogP contribution in [-0.2, 0) is 43.2 Å². The van der Waals surface area contributed by atoms with Crippen LogP contribution >= 0.6 is 0 Å². The van der Waals surface area contributed by atoms with E-state index in [0.29, 0.717) is 50.8 Å². The van der Waals surface area contributed by atoms with Crippen LogP contribution in [0.3, 0.4) is 0 Å². The third-order valence-electron chi connectivity index (χ3n) is 10.6. The molecule has 0 saturated heterocycles. The first-order chi connectivity index (χ1) is 27.2. The second-order valence-corrected chi connectivity index (χ2v) is 14.4. The summed E-state index contributed by atoms with van der Waals surface area (Å²) in [5, 5.41) is 24.2. The summed E-state index contributed by atoms with van der Waals surface area (Å²) in [6, 6.07) is 27.1. The number of hydrogen-bond acceptors (Lipinski definition) is 6. The van der Waals surface area contributed by atoms with Crippen LogP contribution in [0.15, 0.2) is 97.2 Å². The normalized spacial score (nSPS) is 16.4. The molecule has 0 radical (unpaired) electrons. The summed E-state index contributed by atoms with van der Waals surface area (Å²) in [6.45, 7) is 0.590. The summed E-state index contributed by atoms with van der Waals surface area (Å²) in [5.74, 6) is -4.07. The number of benzene rings is 4. The Labute approximate surface area is 325 Å². The van der Waals surface area contributed by atoms with Crippen LogP contribution in [0, 0.1) is 11.8 Å². The van der Waals surface area contributed by atoms with E-state index in [1.54, 1.807) is 7.11 Å². The summed E-state index contributed by atoms with van der Waals surface area (Å²) < 4.78 is 5.18. The van der Waals surface area contributed by atoms with Gasteiger partial charge in [-0.05, 0) is 71.3 Å². The number of H-pyrrole nitrogens is 1. The molecule has 0 bridgehead atoms. The van der Waals surface area contributed by atoms with Gasteiger partial charge in [0.25, 0.3) is 0 Å². The lowest BCUT2D eigenvalue weighted by Crippen LogP contribution is -2.54. The molecular formula is C44H49N5O7. The Hall–Kier alpha value is -6.17. The van der Waals surface area contributed by atoms with Crippen molar-refractivity contribution in [2.45, 2.75) is 63.5 Å². The molecule has 4 aromatic carbocycles. The number of para-hydroxylation sites is 1. The van der Waals surface area contributed by atoms with E-state index in [2.05, 4.69) is 50.5 Å². The van der Waals surface area contributed by atoms with Crippen LogP contribution in [-0.4, -0.2) is 72.0 Å². The van der Waals surface area contributed by atoms with Crippen molar-refractivity contribution in [3.63, 3.8) is 0 Å². The molecule has 12 heteroatoms. The predicted octanol–water partition coefficient (Wildman–Crippen LogP) is 4.84. The molecule has 1 aliphatic rings. The molecule has 292 valence electrons. The lowest BCUT2D eigenvalue weighted by Gasteiger charge is -2.32. The zero-order chi connectivity index (χ0) is 39.4. The van der Waals surface area contributed by atoms with Gasteiger partial charge in [-0.25, -0.2) is 0 Å². The predicted molar refractivity (Wildman–Crippen MR) is 214 cm³/mol. The van der Waals surface area contributed by atoms with E-state index in [-0.39, 0.29) is 18.9 Å². The molecule has 6 N–H and O–H groups in total. The highest BCUT2D eigenvalue weighted by molar-refractivity contribution is 5.95. The fourth-order valence-corrected chi connectivity index (χ4v) is 7.52. The molecule has 1 heterocycles. The maximum atomic E-state index is 14.1. The quantitative estimate of drug-likeness (QED) is 0.0786. The maximum Gasteiger partial charge on any atom is 0.305 e. The van der Waals surface area contributed by atoms with Gasteiger partial charge in [-0.2, -0.15) is 0 Å². The zero-order valence-electron chi connectivity index (χ0n) is 31.5. The summed E-state index contributed by atoms with van der Waals surface area (Å²) >= 11 is 0. The van der Waals surface area contributed by atoms with Crippen molar-refractivity contribution in [3.05, 3.63) is 114 Å². The molecule has 4 atom stereocenters. The van der Waals surface area contributed by atoms with Crippen molar-refractivity contribution in [2.24, 2.45) is 11.8 Å². The number of methoxy groups -OCH3 is 1. The minimum atomic E-state index is -1.33. The van der Waals surface area contributed by atoms with Crippen molar-refractivity contribution in [3.8, 4) is 5.75 Å². The number of amides is 4. The number of nitrogens with one attached hydrogen (secondary N) is 5. The number of carboxylic acid groups (broad SMARTS) is 1. The Morgan fingerprint density at radius 2 is 1.32 bits per heavy atom. The Morgan fingerprint density at radius 1 is 0.732 bits per heavy atom. The molecule has 0 aliphatic heterocycles. The molecule has 12 nitrogen and oxygen atoms in total. The lowest BCUT2D eigenvalue weighted by atomic mass is 9.77. The number of fused-ring (bicyclic) bond motifs is 2. The van der Waals surface area contributed by atoms with Gasteiger partial charge in [0.05, 0.1) is 13.5 Å². The number of carboxylic acids is 1. The largest absolute Gasteiger partial charge is 0.497 e. The van der Waals surface area contributed by atoms with Crippen LogP contribution in [0.5, 0.6) is 5.75 Å². The third-order valence-corrected chi connectivity index (χ3v) is 10.6. The van der Waals surface area contributed by atoms with Crippen LogP contribution in [0.1, 0.15) is 48.8 Å². The van der Waals surface area contributed by atoms with Gasteiger partial charge >= 0.3 is 5.97 Å². The lowest BCUT2D eigenvalue weighted by molar-refractivity contribution is -0.142. The van der Waals surface area contributed by atoms with Gasteiger partial charge in [-0.3, -0.25) is 24.0 Å². The fourth-order valence-electron chi connectivity index (χ4n) is 7.52. The van der Waals surface area contributed by atoms with Crippen LogP contribution in [0.4, 0.5) is 0 Å². The number of carbonyl (C=O) groups is 5. The number of aromatic amines is 1. The van der Waals surface area contributed by atoms with Gasteiger partial charge in [0.1, 0.15) is 17.8 Å². The zero-order valence-corrected chi connectivity index (χ0v) is 31.5. The third kappa shape index (κ3) is 10.3. The van der Waals surface area contributed by atoms with E-state index in [1.165, 1.54) is 0 Å². The maximum absolute atomic E-state index is 14.1. The molecule has 56 heavy (non-hydrogen) atoms. The standard InChI is InChI=1S/C44H49N5O7/c1-56-33-18-15-28(16-19-33)20-22-45-44(55)39(26-40(50)51)49-42(53)36-12-5-4-11-35(36)41(52)48-38(25-32-27-47-37-13-7-6-10-34(32)37)43(54)46-23-21-29-14-17-30-8-2-3-9-31(30)24-29/h2-3,6-10,13-19,24,27,35-36,38-39,47H,4-5,11-12,20-23,25-26H2,1H3,(H,45,55)(H,46,54)(H,48,52)(H,49,53)(H,50,51)/t35-,36-,38+,39-/m1/s1. The first kappa shape index (κ1) is 39.5. The van der Waals surface area contributed by atoms with Gasteiger partial charge in [0.15, 0.2) is 0 Å². The van der Waals surface area contributed by atoms with E-state index < -0.39 is 54.0 Å². The second-order valence-electron chi connectivity index (χ2n) is 14.4. The number of hydrogen-bond donors (Lipinski definition) is 6. The average Bonchev–Trinajstić information content (AvgIpc) is 3.62. The molecule has 4 amide bonds. The van der Waals surface area contributed by atoms with Gasteiger partial charge in [0.2, 0.25) is 23.6 Å². The number of aliphatic carboxylic acids is 1. The summed E-state index contributed by atoms with van der Waals surface area (Å²) in [6.07, 6.45) is 4.72. The van der Waals surface area contributed by atoms with Gasteiger partial charge in [-0.15, -0.1) is 0 Å². The van der Waals surface area contributed by atoms with E-state index in [0.717, 1.165) is 38.4 Å². The number of ether oxygens (including phenoxy) is 1. The number of aromatic nitrogens is 1. The minimum absolute atomic E-state index is 0.221.